The third kappa shape index (κ3) is 3.34. The number of carbonyl (C=O) groups excluding carboxylic acids is 2. The van der Waals surface area contributed by atoms with E-state index in [9.17, 15) is 9.59 Å². The fourth-order valence-electron chi connectivity index (χ4n) is 2.52. The number of hydrogen-bond acceptors (Lipinski definition) is 4. The van der Waals surface area contributed by atoms with Crippen LogP contribution in [0.25, 0.3) is 6.08 Å². The summed E-state index contributed by atoms with van der Waals surface area (Å²) in [6.45, 7) is 0. The molecule has 8 heteroatoms. The zero-order chi connectivity index (χ0) is 18.8. The number of hydrogen-bond donors (Lipinski definition) is 1. The number of halogens is 2. The summed E-state index contributed by atoms with van der Waals surface area (Å²) in [5, 5.41) is 3.30. The van der Waals surface area contributed by atoms with Gasteiger partial charge >= 0.3 is 6.03 Å². The lowest BCUT2D eigenvalue weighted by Gasteiger charge is -2.12. The molecule has 0 unspecified atom stereocenters. The maximum atomic E-state index is 12.7. The molecule has 1 heterocycles. The summed E-state index contributed by atoms with van der Waals surface area (Å²) >= 11 is 12.2. The number of nitrogens with one attached hydrogen (secondary N) is 1. The Morgan fingerprint density at radius 2 is 1.73 bits per heavy atom. The minimum absolute atomic E-state index is 0.0871. The number of nitrogens with zero attached hydrogens (tertiary/aromatic N) is 1. The van der Waals surface area contributed by atoms with Gasteiger partial charge in [0, 0.05) is 11.1 Å². The number of imide groups is 1. The predicted molar refractivity (Wildman–Crippen MR) is 100 cm³/mol. The second-order valence-electron chi connectivity index (χ2n) is 5.34. The van der Waals surface area contributed by atoms with Gasteiger partial charge in [-0.2, -0.15) is 0 Å². The fourth-order valence-corrected chi connectivity index (χ4v) is 2.91. The Labute approximate surface area is 159 Å². The van der Waals surface area contributed by atoms with Crippen LogP contribution in [-0.2, 0) is 4.79 Å². The van der Waals surface area contributed by atoms with Crippen molar-refractivity contribution in [3.63, 3.8) is 0 Å². The number of urea groups is 1. The van der Waals surface area contributed by atoms with E-state index >= 15 is 0 Å². The highest BCUT2D eigenvalue weighted by Crippen LogP contribution is 2.34. The van der Waals surface area contributed by atoms with Gasteiger partial charge in [-0.25, -0.2) is 9.69 Å². The van der Waals surface area contributed by atoms with E-state index in [2.05, 4.69) is 5.32 Å². The molecule has 1 saturated heterocycles. The fraction of sp³-hybridized carbons (Fsp3) is 0.111. The molecule has 3 rings (SSSR count). The number of ether oxygens (including phenoxy) is 2. The molecule has 1 aliphatic heterocycles. The summed E-state index contributed by atoms with van der Waals surface area (Å²) in [5.41, 5.74) is 0.965. The van der Waals surface area contributed by atoms with E-state index in [0.717, 1.165) is 4.90 Å². The highest BCUT2D eigenvalue weighted by Gasteiger charge is 2.35. The van der Waals surface area contributed by atoms with Crippen LogP contribution in [0, 0.1) is 0 Å². The third-order valence-corrected chi connectivity index (χ3v) is 4.31. The van der Waals surface area contributed by atoms with Crippen LogP contribution in [0.4, 0.5) is 10.5 Å². The minimum Gasteiger partial charge on any atom is -0.493 e. The van der Waals surface area contributed by atoms with Crippen molar-refractivity contribution < 1.29 is 19.1 Å². The second kappa shape index (κ2) is 7.27. The normalized spacial score (nSPS) is 15.4. The van der Waals surface area contributed by atoms with Crippen LogP contribution >= 0.6 is 23.2 Å². The molecule has 0 saturated carbocycles. The van der Waals surface area contributed by atoms with Crippen LogP contribution in [-0.4, -0.2) is 26.2 Å². The molecule has 6 nitrogen and oxygen atoms in total. The lowest BCUT2D eigenvalue weighted by molar-refractivity contribution is -0.113. The first-order valence-corrected chi connectivity index (χ1v) is 8.24. The maximum absolute atomic E-state index is 12.7. The molecule has 1 fully saturated rings. The Morgan fingerprint density at radius 3 is 2.38 bits per heavy atom. The van der Waals surface area contributed by atoms with Crippen LogP contribution in [0.3, 0.4) is 0 Å². The minimum atomic E-state index is -0.569. The van der Waals surface area contributed by atoms with E-state index in [4.69, 9.17) is 32.7 Å². The van der Waals surface area contributed by atoms with E-state index in [-0.39, 0.29) is 5.70 Å². The van der Waals surface area contributed by atoms with Gasteiger partial charge in [-0.3, -0.25) is 4.79 Å². The van der Waals surface area contributed by atoms with Gasteiger partial charge in [0.15, 0.2) is 11.5 Å². The summed E-state index contributed by atoms with van der Waals surface area (Å²) < 4.78 is 10.4. The molecular weight excluding hydrogens is 379 g/mol. The molecule has 0 bridgehead atoms. The molecule has 0 atom stereocenters. The molecule has 26 heavy (non-hydrogen) atoms. The van der Waals surface area contributed by atoms with Gasteiger partial charge in [0.1, 0.15) is 5.70 Å². The van der Waals surface area contributed by atoms with Crippen molar-refractivity contribution in [2.45, 2.75) is 0 Å². The van der Waals surface area contributed by atoms with Crippen LogP contribution in [0.15, 0.2) is 42.1 Å². The van der Waals surface area contributed by atoms with Crippen molar-refractivity contribution in [2.24, 2.45) is 0 Å². The van der Waals surface area contributed by atoms with Gasteiger partial charge in [0.25, 0.3) is 5.91 Å². The van der Waals surface area contributed by atoms with Crippen molar-refractivity contribution in [3.05, 3.63) is 57.7 Å². The number of carbonyl (C=O) groups is 2. The van der Waals surface area contributed by atoms with Gasteiger partial charge < -0.3 is 14.8 Å². The van der Waals surface area contributed by atoms with E-state index < -0.39 is 11.9 Å². The molecular formula is C18H14Cl2N2O4. The first-order valence-electron chi connectivity index (χ1n) is 7.49. The lowest BCUT2D eigenvalue weighted by atomic mass is 10.1. The van der Waals surface area contributed by atoms with Crippen molar-refractivity contribution in [1.82, 2.24) is 5.32 Å². The number of benzene rings is 2. The van der Waals surface area contributed by atoms with Gasteiger partial charge in [0.2, 0.25) is 0 Å². The topological polar surface area (TPSA) is 67.9 Å². The zero-order valence-corrected chi connectivity index (χ0v) is 15.4. The molecule has 0 aliphatic carbocycles. The van der Waals surface area contributed by atoms with Crippen LogP contribution in [0.1, 0.15) is 5.56 Å². The number of rotatable bonds is 4. The maximum Gasteiger partial charge on any atom is 0.333 e. The van der Waals surface area contributed by atoms with E-state index in [1.165, 1.54) is 26.4 Å². The molecule has 2 aromatic rings. The molecule has 1 aliphatic rings. The smallest absolute Gasteiger partial charge is 0.333 e. The Morgan fingerprint density at radius 1 is 1.04 bits per heavy atom. The highest BCUT2D eigenvalue weighted by atomic mass is 35.5. The van der Waals surface area contributed by atoms with Gasteiger partial charge in [-0.1, -0.05) is 29.3 Å². The van der Waals surface area contributed by atoms with Crippen molar-refractivity contribution >= 4 is 46.9 Å². The Bertz CT molecular complexity index is 927. The quantitative estimate of drug-likeness (QED) is 0.627. The molecule has 0 radical (unpaired) electrons. The molecule has 0 aromatic heterocycles. The summed E-state index contributed by atoms with van der Waals surface area (Å²) in [4.78, 5) is 25.9. The molecule has 0 spiro atoms. The Hall–Kier alpha value is -2.70. The van der Waals surface area contributed by atoms with Crippen LogP contribution < -0.4 is 19.7 Å². The molecule has 2 aromatic carbocycles. The average Bonchev–Trinajstić information content (AvgIpc) is 2.89. The van der Waals surface area contributed by atoms with Crippen molar-refractivity contribution in [3.8, 4) is 11.5 Å². The lowest BCUT2D eigenvalue weighted by Crippen LogP contribution is -2.30. The predicted octanol–water partition coefficient (Wildman–Crippen LogP) is 4.11. The van der Waals surface area contributed by atoms with Gasteiger partial charge in [-0.05, 0) is 35.9 Å². The van der Waals surface area contributed by atoms with Gasteiger partial charge in [0.05, 0.1) is 24.9 Å². The second-order valence-corrected chi connectivity index (χ2v) is 6.18. The standard InChI is InChI=1S/C18H14Cl2N2O4/c1-25-15-7-10(13(20)9-16(15)26-2)6-14-17(23)22(18(24)21-14)12-5-3-4-11(19)8-12/h3-9H,1-2H3,(H,21,24)/b14-6+. The first-order chi connectivity index (χ1) is 12.4. The summed E-state index contributed by atoms with van der Waals surface area (Å²) in [6.07, 6.45) is 1.48. The van der Waals surface area contributed by atoms with Crippen molar-refractivity contribution in [2.75, 3.05) is 19.1 Å². The molecule has 3 amide bonds. The number of amides is 3. The van der Waals surface area contributed by atoms with E-state index in [0.29, 0.717) is 32.8 Å². The average molecular weight is 393 g/mol. The Kier molecular flexibility index (Phi) is 5.06. The first kappa shape index (κ1) is 18.1. The number of methoxy groups -OCH3 is 2. The van der Waals surface area contributed by atoms with E-state index in [1.54, 1.807) is 30.3 Å². The van der Waals surface area contributed by atoms with Gasteiger partial charge in [-0.15, -0.1) is 0 Å². The Balaban J connectivity index is 1.98. The van der Waals surface area contributed by atoms with E-state index in [1.807, 2.05) is 0 Å². The van der Waals surface area contributed by atoms with Crippen LogP contribution in [0.5, 0.6) is 11.5 Å². The number of anilines is 1. The van der Waals surface area contributed by atoms with Crippen LogP contribution in [0.2, 0.25) is 10.0 Å². The highest BCUT2D eigenvalue weighted by molar-refractivity contribution is 6.34. The SMILES string of the molecule is COc1cc(Cl)c(/C=C2/NC(=O)N(c3cccc(Cl)c3)C2=O)cc1OC. The summed E-state index contributed by atoms with van der Waals surface area (Å²) in [7, 11) is 2.99. The molecule has 1 N–H and O–H groups in total. The largest absolute Gasteiger partial charge is 0.493 e. The zero-order valence-electron chi connectivity index (χ0n) is 13.9. The third-order valence-electron chi connectivity index (χ3n) is 3.75. The molecule has 134 valence electrons. The van der Waals surface area contributed by atoms with Crippen molar-refractivity contribution in [1.29, 1.82) is 0 Å². The summed E-state index contributed by atoms with van der Waals surface area (Å²) in [5.74, 6) is 0.400. The monoisotopic (exact) mass is 392 g/mol. The summed E-state index contributed by atoms with van der Waals surface area (Å²) in [6, 6.07) is 9.09.